The average molecular weight is 464 g/mol. The number of carbonyl (C=O) groups is 2. The summed E-state index contributed by atoms with van der Waals surface area (Å²) in [5.41, 5.74) is 5.65. The van der Waals surface area contributed by atoms with Crippen molar-refractivity contribution in [3.05, 3.63) is 71.2 Å². The zero-order valence-electron chi connectivity index (χ0n) is 18.1. The predicted molar refractivity (Wildman–Crippen MR) is 130 cm³/mol. The second kappa shape index (κ2) is 9.75. The topological polar surface area (TPSA) is 92.9 Å². The molecule has 7 nitrogen and oxygen atoms in total. The van der Waals surface area contributed by atoms with Crippen LogP contribution < -0.4 is 15.5 Å². The van der Waals surface area contributed by atoms with E-state index in [0.29, 0.717) is 27.8 Å². The molecule has 0 radical (unpaired) electrons. The first-order valence-electron chi connectivity index (χ1n) is 10.3. The van der Waals surface area contributed by atoms with E-state index in [1.807, 2.05) is 30.3 Å². The fraction of sp³-hybridized carbons (Fsp3) is 0.160. The first-order chi connectivity index (χ1) is 15.9. The van der Waals surface area contributed by atoms with Crippen LogP contribution in [0.1, 0.15) is 18.9 Å². The van der Waals surface area contributed by atoms with Gasteiger partial charge in [-0.25, -0.2) is 5.43 Å². The number of nitrogens with one attached hydrogen (secondary N) is 2. The number of rotatable bonds is 7. The SMILES string of the molecule is COc1cc2c(cc1NC(=O)CC(C)=NNC(=O)Cc1ccc(Cl)cc1)oc1ccccc12. The van der Waals surface area contributed by atoms with Gasteiger partial charge < -0.3 is 14.5 Å². The molecule has 0 aliphatic carbocycles. The van der Waals surface area contributed by atoms with Gasteiger partial charge >= 0.3 is 0 Å². The molecule has 3 aromatic carbocycles. The number of fused-ring (bicyclic) bond motifs is 3. The highest BCUT2D eigenvalue weighted by Gasteiger charge is 2.14. The van der Waals surface area contributed by atoms with E-state index in [2.05, 4.69) is 15.8 Å². The van der Waals surface area contributed by atoms with E-state index < -0.39 is 0 Å². The van der Waals surface area contributed by atoms with Gasteiger partial charge in [0.15, 0.2) is 0 Å². The fourth-order valence-electron chi connectivity index (χ4n) is 3.47. The number of amides is 2. The maximum Gasteiger partial charge on any atom is 0.244 e. The van der Waals surface area contributed by atoms with Crippen LogP contribution in [-0.4, -0.2) is 24.6 Å². The van der Waals surface area contributed by atoms with Crippen molar-refractivity contribution in [3.63, 3.8) is 0 Å². The Bertz CT molecular complexity index is 1360. The Balaban J connectivity index is 1.40. The number of ether oxygens (including phenoxy) is 1. The number of furan rings is 1. The van der Waals surface area contributed by atoms with Crippen LogP contribution in [0.2, 0.25) is 5.02 Å². The summed E-state index contributed by atoms with van der Waals surface area (Å²) in [4.78, 5) is 24.6. The molecule has 0 atom stereocenters. The summed E-state index contributed by atoms with van der Waals surface area (Å²) in [6, 6.07) is 18.3. The number of nitrogens with zero attached hydrogens (tertiary/aromatic N) is 1. The van der Waals surface area contributed by atoms with E-state index in [9.17, 15) is 9.59 Å². The minimum absolute atomic E-state index is 0.00253. The summed E-state index contributed by atoms with van der Waals surface area (Å²) in [6.45, 7) is 1.67. The summed E-state index contributed by atoms with van der Waals surface area (Å²) in [5.74, 6) is -0.0562. The maximum absolute atomic E-state index is 12.6. The second-order valence-electron chi connectivity index (χ2n) is 7.56. The van der Waals surface area contributed by atoms with Crippen molar-refractivity contribution >= 4 is 56.8 Å². The minimum atomic E-state index is -0.294. The molecule has 2 amide bonds. The van der Waals surface area contributed by atoms with E-state index >= 15 is 0 Å². The number of benzene rings is 3. The van der Waals surface area contributed by atoms with Crippen molar-refractivity contribution in [3.8, 4) is 5.75 Å². The molecule has 4 aromatic rings. The van der Waals surface area contributed by atoms with E-state index in [4.69, 9.17) is 20.8 Å². The summed E-state index contributed by atoms with van der Waals surface area (Å²) < 4.78 is 11.4. The lowest BCUT2D eigenvalue weighted by Crippen LogP contribution is -2.23. The molecule has 0 bridgehead atoms. The van der Waals surface area contributed by atoms with Gasteiger partial charge in [0.2, 0.25) is 11.8 Å². The fourth-order valence-corrected chi connectivity index (χ4v) is 3.60. The van der Waals surface area contributed by atoms with Crippen molar-refractivity contribution in [2.75, 3.05) is 12.4 Å². The summed E-state index contributed by atoms with van der Waals surface area (Å²) in [7, 11) is 1.54. The molecule has 0 saturated heterocycles. The molecule has 0 spiro atoms. The average Bonchev–Trinajstić information content (AvgIpc) is 3.16. The van der Waals surface area contributed by atoms with Gasteiger partial charge in [-0.05, 0) is 36.8 Å². The van der Waals surface area contributed by atoms with Gasteiger partial charge in [0.1, 0.15) is 16.9 Å². The Hall–Kier alpha value is -3.84. The highest BCUT2D eigenvalue weighted by atomic mass is 35.5. The van der Waals surface area contributed by atoms with Crippen LogP contribution in [0.3, 0.4) is 0 Å². The number of methoxy groups -OCH3 is 1. The Morgan fingerprint density at radius 3 is 2.52 bits per heavy atom. The van der Waals surface area contributed by atoms with Gasteiger partial charge in [-0.2, -0.15) is 5.10 Å². The highest BCUT2D eigenvalue weighted by molar-refractivity contribution is 6.30. The lowest BCUT2D eigenvalue weighted by Gasteiger charge is -2.10. The smallest absolute Gasteiger partial charge is 0.244 e. The molecule has 2 N–H and O–H groups in total. The third kappa shape index (κ3) is 5.32. The first kappa shape index (κ1) is 22.4. The number of hydrogen-bond donors (Lipinski definition) is 2. The van der Waals surface area contributed by atoms with Crippen molar-refractivity contribution in [2.24, 2.45) is 5.10 Å². The number of para-hydroxylation sites is 1. The maximum atomic E-state index is 12.6. The largest absolute Gasteiger partial charge is 0.495 e. The predicted octanol–water partition coefficient (Wildman–Crippen LogP) is 5.31. The van der Waals surface area contributed by atoms with Crippen molar-refractivity contribution in [1.82, 2.24) is 5.43 Å². The van der Waals surface area contributed by atoms with Gasteiger partial charge in [0, 0.05) is 27.6 Å². The molecule has 4 rings (SSSR count). The van der Waals surface area contributed by atoms with Gasteiger partial charge in [0.25, 0.3) is 0 Å². The number of hydrogen-bond acceptors (Lipinski definition) is 5. The standard InChI is InChI=1S/C25H22ClN3O4/c1-15(28-29-25(31)12-16-7-9-17(26)10-8-16)11-24(30)27-20-14-22-19(13-23(20)32-2)18-5-3-4-6-21(18)33-22/h3-10,13-14H,11-12H2,1-2H3,(H,27,30)(H,29,31). The molecule has 168 valence electrons. The molecular weight excluding hydrogens is 442 g/mol. The number of hydrazone groups is 1. The minimum Gasteiger partial charge on any atom is -0.495 e. The zero-order chi connectivity index (χ0) is 23.4. The molecule has 0 unspecified atom stereocenters. The van der Waals surface area contributed by atoms with E-state index in [0.717, 1.165) is 21.9 Å². The van der Waals surface area contributed by atoms with Crippen LogP contribution in [0.5, 0.6) is 5.75 Å². The van der Waals surface area contributed by atoms with Crippen LogP contribution in [-0.2, 0) is 16.0 Å². The summed E-state index contributed by atoms with van der Waals surface area (Å²) in [5, 5.41) is 9.34. The van der Waals surface area contributed by atoms with Crippen molar-refractivity contribution in [2.45, 2.75) is 19.8 Å². The van der Waals surface area contributed by atoms with Crippen LogP contribution >= 0.6 is 11.6 Å². The van der Waals surface area contributed by atoms with Gasteiger partial charge in [-0.3, -0.25) is 9.59 Å². The summed E-state index contributed by atoms with van der Waals surface area (Å²) in [6.07, 6.45) is 0.164. The van der Waals surface area contributed by atoms with Gasteiger partial charge in [-0.15, -0.1) is 0 Å². The first-order valence-corrected chi connectivity index (χ1v) is 10.7. The lowest BCUT2D eigenvalue weighted by molar-refractivity contribution is -0.120. The van der Waals surface area contributed by atoms with E-state index in [1.165, 1.54) is 0 Å². The van der Waals surface area contributed by atoms with Crippen molar-refractivity contribution < 1.29 is 18.7 Å². The normalized spacial score (nSPS) is 11.5. The molecule has 0 saturated carbocycles. The van der Waals surface area contributed by atoms with E-state index in [-0.39, 0.29) is 24.7 Å². The van der Waals surface area contributed by atoms with Crippen LogP contribution in [0.15, 0.2) is 70.2 Å². The molecule has 0 aliphatic rings. The highest BCUT2D eigenvalue weighted by Crippen LogP contribution is 2.36. The third-order valence-corrected chi connectivity index (χ3v) is 5.29. The molecule has 0 aliphatic heterocycles. The Labute approximate surface area is 195 Å². The summed E-state index contributed by atoms with van der Waals surface area (Å²) >= 11 is 5.85. The zero-order valence-corrected chi connectivity index (χ0v) is 18.9. The van der Waals surface area contributed by atoms with Crippen LogP contribution in [0.4, 0.5) is 5.69 Å². The molecule has 1 aromatic heterocycles. The lowest BCUT2D eigenvalue weighted by atomic mass is 10.1. The Kier molecular flexibility index (Phi) is 6.60. The molecule has 0 fully saturated rings. The number of anilines is 1. The third-order valence-electron chi connectivity index (χ3n) is 5.04. The van der Waals surface area contributed by atoms with Crippen LogP contribution in [0.25, 0.3) is 21.9 Å². The van der Waals surface area contributed by atoms with E-state index in [1.54, 1.807) is 44.4 Å². The number of halogens is 1. The Morgan fingerprint density at radius 2 is 1.76 bits per heavy atom. The second-order valence-corrected chi connectivity index (χ2v) is 7.99. The van der Waals surface area contributed by atoms with Crippen molar-refractivity contribution in [1.29, 1.82) is 0 Å². The Morgan fingerprint density at radius 1 is 1.00 bits per heavy atom. The molecule has 8 heteroatoms. The van der Waals surface area contributed by atoms with Crippen LogP contribution in [0, 0.1) is 0 Å². The molecular formula is C25H22ClN3O4. The van der Waals surface area contributed by atoms with Gasteiger partial charge in [0.05, 0.1) is 25.6 Å². The molecule has 33 heavy (non-hydrogen) atoms. The quantitative estimate of drug-likeness (QED) is 0.287. The monoisotopic (exact) mass is 463 g/mol. The number of carbonyl (C=O) groups excluding carboxylic acids is 2. The van der Waals surface area contributed by atoms with Gasteiger partial charge in [-0.1, -0.05) is 41.9 Å². The molecule has 1 heterocycles.